The maximum Gasteiger partial charge on any atom is 0.236 e. The molecule has 0 saturated carbocycles. The highest BCUT2D eigenvalue weighted by Gasteiger charge is 2.16. The van der Waals surface area contributed by atoms with E-state index in [0.29, 0.717) is 24.4 Å². The van der Waals surface area contributed by atoms with Gasteiger partial charge in [0.25, 0.3) is 0 Å². The summed E-state index contributed by atoms with van der Waals surface area (Å²) < 4.78 is 5.57. The second-order valence-electron chi connectivity index (χ2n) is 5.63. The van der Waals surface area contributed by atoms with Crippen molar-refractivity contribution in [1.82, 2.24) is 10.3 Å². The van der Waals surface area contributed by atoms with Gasteiger partial charge in [-0.3, -0.25) is 0 Å². The molecule has 0 aliphatic carbocycles. The lowest BCUT2D eigenvalue weighted by molar-refractivity contribution is 0.408. The summed E-state index contributed by atoms with van der Waals surface area (Å²) >= 11 is 1.64. The Balaban J connectivity index is 1.68. The Morgan fingerprint density at radius 3 is 2.64 bits per heavy atom. The smallest absolute Gasteiger partial charge is 0.236 e. The van der Waals surface area contributed by atoms with Crippen molar-refractivity contribution in [3.63, 3.8) is 0 Å². The molecule has 1 N–H and O–H groups in total. The molecule has 0 aliphatic rings. The van der Waals surface area contributed by atoms with E-state index in [9.17, 15) is 0 Å². The highest BCUT2D eigenvalue weighted by Crippen LogP contribution is 2.25. The first-order valence-corrected chi connectivity index (χ1v) is 8.38. The fraction of sp³-hybridized carbons (Fsp3) is 0.278. The normalized spacial score (nSPS) is 12.7. The summed E-state index contributed by atoms with van der Waals surface area (Å²) in [6, 6.07) is 14.9. The lowest BCUT2D eigenvalue weighted by Gasteiger charge is -2.22. The zero-order chi connectivity index (χ0) is 15.4. The van der Waals surface area contributed by atoms with Crippen LogP contribution in [0.4, 0.5) is 0 Å². The minimum absolute atomic E-state index is 0.308. The molecule has 0 amide bonds. The van der Waals surface area contributed by atoms with Crippen molar-refractivity contribution in [2.45, 2.75) is 26.4 Å². The number of rotatable bonds is 6. The molecule has 0 fully saturated rings. The Labute approximate surface area is 135 Å². The van der Waals surface area contributed by atoms with Gasteiger partial charge < -0.3 is 9.73 Å². The third-order valence-corrected chi connectivity index (χ3v) is 4.47. The molecule has 3 nitrogen and oxygen atoms in total. The number of nitrogens with zero attached hydrogens (tertiary/aromatic N) is 1. The molecular formula is C18H20N2OS. The minimum atomic E-state index is 0.308. The van der Waals surface area contributed by atoms with Crippen LogP contribution >= 0.6 is 11.3 Å². The Hall–Kier alpha value is -1.91. The number of benzene rings is 1. The van der Waals surface area contributed by atoms with Gasteiger partial charge in [-0.1, -0.05) is 50.2 Å². The van der Waals surface area contributed by atoms with Crippen molar-refractivity contribution >= 4 is 11.3 Å². The molecule has 114 valence electrons. The predicted molar refractivity (Wildman–Crippen MR) is 90.7 cm³/mol. The number of hydrogen-bond acceptors (Lipinski definition) is 4. The third kappa shape index (κ3) is 3.46. The number of aromatic nitrogens is 1. The average molecular weight is 312 g/mol. The highest BCUT2D eigenvalue weighted by molar-refractivity contribution is 7.13. The van der Waals surface area contributed by atoms with Gasteiger partial charge in [-0.05, 0) is 22.9 Å². The molecular weight excluding hydrogens is 292 g/mol. The van der Waals surface area contributed by atoms with Crippen LogP contribution in [-0.2, 0) is 6.54 Å². The molecule has 2 aromatic heterocycles. The van der Waals surface area contributed by atoms with Crippen molar-refractivity contribution in [2.75, 3.05) is 0 Å². The van der Waals surface area contributed by atoms with Gasteiger partial charge >= 0.3 is 0 Å². The topological polar surface area (TPSA) is 38.1 Å². The summed E-state index contributed by atoms with van der Waals surface area (Å²) in [6.45, 7) is 5.15. The molecule has 1 unspecified atom stereocenters. The molecule has 1 atom stereocenters. The summed E-state index contributed by atoms with van der Waals surface area (Å²) in [6.07, 6.45) is 1.74. The Bertz CT molecular complexity index is 689. The van der Waals surface area contributed by atoms with E-state index >= 15 is 0 Å². The molecule has 3 aromatic rings. The van der Waals surface area contributed by atoms with Crippen LogP contribution in [0.25, 0.3) is 10.8 Å². The van der Waals surface area contributed by atoms with Gasteiger partial charge in [-0.15, -0.1) is 11.3 Å². The molecule has 0 bridgehead atoms. The quantitative estimate of drug-likeness (QED) is 0.704. The molecule has 0 saturated heterocycles. The largest absolute Gasteiger partial charge is 0.444 e. The van der Waals surface area contributed by atoms with Gasteiger partial charge in [0, 0.05) is 12.6 Å². The Morgan fingerprint density at radius 1 is 1.14 bits per heavy atom. The van der Waals surface area contributed by atoms with Crippen LogP contribution in [0, 0.1) is 5.92 Å². The zero-order valence-electron chi connectivity index (χ0n) is 12.8. The third-order valence-electron chi connectivity index (χ3n) is 3.61. The van der Waals surface area contributed by atoms with Gasteiger partial charge in [-0.2, -0.15) is 0 Å². The van der Waals surface area contributed by atoms with Gasteiger partial charge in [0.1, 0.15) is 6.26 Å². The van der Waals surface area contributed by atoms with Crippen LogP contribution in [0.15, 0.2) is 58.5 Å². The molecule has 2 heterocycles. The first kappa shape index (κ1) is 15.0. The summed E-state index contributed by atoms with van der Waals surface area (Å²) in [5, 5.41) is 5.62. The van der Waals surface area contributed by atoms with E-state index in [1.165, 1.54) is 5.56 Å². The van der Waals surface area contributed by atoms with Crippen LogP contribution in [-0.4, -0.2) is 4.98 Å². The molecule has 0 radical (unpaired) electrons. The maximum absolute atomic E-state index is 5.57. The second-order valence-corrected chi connectivity index (χ2v) is 6.58. The molecule has 4 heteroatoms. The van der Waals surface area contributed by atoms with E-state index in [4.69, 9.17) is 4.42 Å². The van der Waals surface area contributed by atoms with E-state index < -0.39 is 0 Å². The Kier molecular flexibility index (Phi) is 4.71. The van der Waals surface area contributed by atoms with Gasteiger partial charge in [0.2, 0.25) is 5.89 Å². The van der Waals surface area contributed by atoms with Gasteiger partial charge in [-0.25, -0.2) is 4.98 Å². The highest BCUT2D eigenvalue weighted by atomic mass is 32.1. The first-order valence-electron chi connectivity index (χ1n) is 7.50. The lowest BCUT2D eigenvalue weighted by atomic mass is 9.96. The van der Waals surface area contributed by atoms with Crippen molar-refractivity contribution in [1.29, 1.82) is 0 Å². The minimum Gasteiger partial charge on any atom is -0.444 e. The fourth-order valence-corrected chi connectivity index (χ4v) is 3.17. The van der Waals surface area contributed by atoms with Crippen molar-refractivity contribution in [3.05, 3.63) is 65.4 Å². The van der Waals surface area contributed by atoms with Crippen LogP contribution in [0.5, 0.6) is 0 Å². The maximum atomic E-state index is 5.57. The summed E-state index contributed by atoms with van der Waals surface area (Å²) in [5.41, 5.74) is 2.24. The number of oxazole rings is 1. The molecule has 0 spiro atoms. The van der Waals surface area contributed by atoms with E-state index in [0.717, 1.165) is 10.6 Å². The van der Waals surface area contributed by atoms with Crippen LogP contribution in [0.1, 0.15) is 31.1 Å². The van der Waals surface area contributed by atoms with Crippen molar-refractivity contribution in [2.24, 2.45) is 5.92 Å². The lowest BCUT2D eigenvalue weighted by Crippen LogP contribution is -2.25. The van der Waals surface area contributed by atoms with Crippen LogP contribution in [0.3, 0.4) is 0 Å². The van der Waals surface area contributed by atoms with E-state index in [-0.39, 0.29) is 0 Å². The van der Waals surface area contributed by atoms with Gasteiger partial charge in [0.15, 0.2) is 0 Å². The van der Waals surface area contributed by atoms with Crippen molar-refractivity contribution in [3.8, 4) is 10.8 Å². The monoisotopic (exact) mass is 312 g/mol. The second kappa shape index (κ2) is 6.90. The Morgan fingerprint density at radius 2 is 1.95 bits per heavy atom. The summed E-state index contributed by atoms with van der Waals surface area (Å²) in [5.74, 6) is 1.21. The SMILES string of the molecule is CC(C)C(NCc1coc(-c2cccs2)n1)c1ccccc1. The van der Waals surface area contributed by atoms with Crippen molar-refractivity contribution < 1.29 is 4.42 Å². The number of hydrogen-bond donors (Lipinski definition) is 1. The first-order chi connectivity index (χ1) is 10.7. The molecule has 0 aliphatic heterocycles. The standard InChI is InChI=1S/C18H20N2OS/c1-13(2)17(14-7-4-3-5-8-14)19-11-15-12-21-18(20-15)16-9-6-10-22-16/h3-10,12-13,17,19H,11H2,1-2H3. The number of thiophene rings is 1. The summed E-state index contributed by atoms with van der Waals surface area (Å²) in [7, 11) is 0. The van der Waals surface area contributed by atoms with E-state index in [1.54, 1.807) is 17.6 Å². The molecule has 3 rings (SSSR count). The van der Waals surface area contributed by atoms with Crippen LogP contribution < -0.4 is 5.32 Å². The molecule has 1 aromatic carbocycles. The van der Waals surface area contributed by atoms with E-state index in [1.807, 2.05) is 23.6 Å². The average Bonchev–Trinajstić information content (AvgIpc) is 3.19. The number of nitrogens with one attached hydrogen (secondary N) is 1. The van der Waals surface area contributed by atoms with Gasteiger partial charge in [0.05, 0.1) is 10.6 Å². The predicted octanol–water partition coefficient (Wildman–Crippen LogP) is 4.89. The summed E-state index contributed by atoms with van der Waals surface area (Å²) in [4.78, 5) is 5.62. The zero-order valence-corrected chi connectivity index (χ0v) is 13.6. The van der Waals surface area contributed by atoms with E-state index in [2.05, 4.69) is 48.4 Å². The van der Waals surface area contributed by atoms with Crippen LogP contribution in [0.2, 0.25) is 0 Å². The molecule has 22 heavy (non-hydrogen) atoms. The fourth-order valence-electron chi connectivity index (χ4n) is 2.51.